The van der Waals surface area contributed by atoms with Gasteiger partial charge in [0.25, 0.3) is 0 Å². The summed E-state index contributed by atoms with van der Waals surface area (Å²) in [6, 6.07) is 7.35. The Bertz CT molecular complexity index is 1200. The SMILES string of the molecule is C=CCn1c(SCC(=O)Nc2sc3c(c2C(=O)OCC)CCCC3)nnc1-c1ccc(Cl)cc1. The van der Waals surface area contributed by atoms with Crippen LogP contribution in [0.4, 0.5) is 5.00 Å². The van der Waals surface area contributed by atoms with Gasteiger partial charge in [-0.15, -0.1) is 28.1 Å². The number of halogens is 1. The average Bonchev–Trinajstić information content (AvgIpc) is 3.39. The monoisotopic (exact) mass is 516 g/mol. The quantitative estimate of drug-likeness (QED) is 0.225. The number of amides is 1. The van der Waals surface area contributed by atoms with Crippen molar-refractivity contribution in [1.29, 1.82) is 0 Å². The molecule has 34 heavy (non-hydrogen) atoms. The molecule has 0 fully saturated rings. The highest BCUT2D eigenvalue weighted by molar-refractivity contribution is 7.99. The Kier molecular flexibility index (Phi) is 8.07. The zero-order valence-electron chi connectivity index (χ0n) is 18.8. The number of nitrogens with zero attached hydrogens (tertiary/aromatic N) is 3. The number of aromatic nitrogens is 3. The van der Waals surface area contributed by atoms with Gasteiger partial charge in [-0.3, -0.25) is 9.36 Å². The Morgan fingerprint density at radius 1 is 1.26 bits per heavy atom. The number of carbonyl (C=O) groups excluding carboxylic acids is 2. The number of fused-ring (bicyclic) bond motifs is 1. The molecule has 1 aromatic carbocycles. The number of anilines is 1. The van der Waals surface area contributed by atoms with Gasteiger partial charge in [-0.2, -0.15) is 0 Å². The first kappa shape index (κ1) is 24.5. The summed E-state index contributed by atoms with van der Waals surface area (Å²) in [5, 5.41) is 13.4. The molecule has 1 aliphatic rings. The highest BCUT2D eigenvalue weighted by Crippen LogP contribution is 2.38. The number of nitrogens with one attached hydrogen (secondary N) is 1. The van der Waals surface area contributed by atoms with Crippen LogP contribution in [0.5, 0.6) is 0 Å². The summed E-state index contributed by atoms with van der Waals surface area (Å²) in [5.74, 6) is 0.217. The average molecular weight is 517 g/mol. The van der Waals surface area contributed by atoms with E-state index in [2.05, 4.69) is 22.1 Å². The minimum absolute atomic E-state index is 0.126. The van der Waals surface area contributed by atoms with Crippen LogP contribution < -0.4 is 5.32 Å². The molecule has 7 nitrogen and oxygen atoms in total. The van der Waals surface area contributed by atoms with E-state index in [1.807, 2.05) is 16.7 Å². The number of thiophene rings is 1. The van der Waals surface area contributed by atoms with E-state index in [0.29, 0.717) is 39.7 Å². The van der Waals surface area contributed by atoms with Gasteiger partial charge in [0.15, 0.2) is 11.0 Å². The molecule has 178 valence electrons. The minimum atomic E-state index is -0.372. The molecular formula is C24H25ClN4O3S2. The van der Waals surface area contributed by atoms with E-state index < -0.39 is 0 Å². The molecular weight excluding hydrogens is 492 g/mol. The lowest BCUT2D eigenvalue weighted by Crippen LogP contribution is -2.17. The van der Waals surface area contributed by atoms with Crippen LogP contribution >= 0.6 is 34.7 Å². The first-order valence-corrected chi connectivity index (χ1v) is 13.2. The van der Waals surface area contributed by atoms with Crippen LogP contribution in [0.25, 0.3) is 11.4 Å². The summed E-state index contributed by atoms with van der Waals surface area (Å²) >= 11 is 8.77. The van der Waals surface area contributed by atoms with Gasteiger partial charge in [0, 0.05) is 22.0 Å². The Hall–Kier alpha value is -2.62. The third kappa shape index (κ3) is 5.37. The first-order valence-electron chi connectivity index (χ1n) is 11.1. The number of hydrogen-bond acceptors (Lipinski definition) is 7. The van der Waals surface area contributed by atoms with E-state index >= 15 is 0 Å². The van der Waals surface area contributed by atoms with Gasteiger partial charge in [0.05, 0.1) is 17.9 Å². The summed E-state index contributed by atoms with van der Waals surface area (Å²) in [6.45, 7) is 6.40. The molecule has 0 radical (unpaired) electrons. The Labute approximate surface area is 211 Å². The predicted octanol–water partition coefficient (Wildman–Crippen LogP) is 5.63. The van der Waals surface area contributed by atoms with Gasteiger partial charge in [0.1, 0.15) is 5.00 Å². The van der Waals surface area contributed by atoms with E-state index in [4.69, 9.17) is 16.3 Å². The second-order valence-corrected chi connectivity index (χ2v) is 10.2. The van der Waals surface area contributed by atoms with Crippen molar-refractivity contribution < 1.29 is 14.3 Å². The van der Waals surface area contributed by atoms with Crippen molar-refractivity contribution in [2.45, 2.75) is 44.3 Å². The van der Waals surface area contributed by atoms with Crippen molar-refractivity contribution in [2.75, 3.05) is 17.7 Å². The van der Waals surface area contributed by atoms with Crippen molar-refractivity contribution in [1.82, 2.24) is 14.8 Å². The van der Waals surface area contributed by atoms with Gasteiger partial charge < -0.3 is 10.1 Å². The Morgan fingerprint density at radius 3 is 2.76 bits per heavy atom. The molecule has 2 heterocycles. The fourth-order valence-corrected chi connectivity index (χ4v) is 6.03. The lowest BCUT2D eigenvalue weighted by atomic mass is 9.95. The number of hydrogen-bond donors (Lipinski definition) is 1. The molecule has 0 saturated carbocycles. The zero-order chi connectivity index (χ0) is 24.1. The number of aryl methyl sites for hydroxylation is 1. The number of allylic oxidation sites excluding steroid dienone is 1. The zero-order valence-corrected chi connectivity index (χ0v) is 21.2. The van der Waals surface area contributed by atoms with Crippen molar-refractivity contribution >= 4 is 51.6 Å². The van der Waals surface area contributed by atoms with Gasteiger partial charge in [-0.25, -0.2) is 4.79 Å². The van der Waals surface area contributed by atoms with E-state index in [0.717, 1.165) is 41.7 Å². The van der Waals surface area contributed by atoms with Gasteiger partial charge in [0.2, 0.25) is 5.91 Å². The summed E-state index contributed by atoms with van der Waals surface area (Å²) in [7, 11) is 0. The molecule has 1 amide bonds. The van der Waals surface area contributed by atoms with E-state index in [1.54, 1.807) is 25.1 Å². The summed E-state index contributed by atoms with van der Waals surface area (Å²) in [4.78, 5) is 26.6. The minimum Gasteiger partial charge on any atom is -0.462 e. The lowest BCUT2D eigenvalue weighted by Gasteiger charge is -2.12. The van der Waals surface area contributed by atoms with Crippen LogP contribution in [0.15, 0.2) is 42.1 Å². The maximum atomic E-state index is 12.8. The smallest absolute Gasteiger partial charge is 0.341 e. The molecule has 4 rings (SSSR count). The van der Waals surface area contributed by atoms with E-state index in [9.17, 15) is 9.59 Å². The number of carbonyl (C=O) groups is 2. The van der Waals surface area contributed by atoms with Crippen molar-refractivity contribution in [3.05, 3.63) is 57.9 Å². The molecule has 0 aliphatic heterocycles. The van der Waals surface area contributed by atoms with Crippen LogP contribution in [0.3, 0.4) is 0 Å². The standard InChI is InChI=1S/C24H25ClN4O3S2/c1-3-13-29-21(15-9-11-16(25)12-10-15)27-28-24(29)33-14-19(30)26-22-20(23(31)32-4-2)17-7-5-6-8-18(17)34-22/h3,9-12H,1,4-8,13-14H2,2H3,(H,26,30). The van der Waals surface area contributed by atoms with Crippen molar-refractivity contribution in [3.8, 4) is 11.4 Å². The van der Waals surface area contributed by atoms with Gasteiger partial charge in [-0.05, 0) is 62.4 Å². The molecule has 1 N–H and O–H groups in total. The van der Waals surface area contributed by atoms with Crippen LogP contribution in [0, 0.1) is 0 Å². The largest absolute Gasteiger partial charge is 0.462 e. The van der Waals surface area contributed by atoms with Crippen LogP contribution in [-0.4, -0.2) is 39.0 Å². The Balaban J connectivity index is 1.50. The number of benzene rings is 1. The molecule has 3 aromatic rings. The third-order valence-corrected chi connectivity index (χ3v) is 7.79. The molecule has 0 unspecified atom stereocenters. The van der Waals surface area contributed by atoms with Gasteiger partial charge in [-0.1, -0.05) is 29.4 Å². The molecule has 0 atom stereocenters. The molecule has 0 spiro atoms. The van der Waals surface area contributed by atoms with Crippen LogP contribution in [0.1, 0.15) is 40.6 Å². The van der Waals surface area contributed by atoms with E-state index in [1.165, 1.54) is 23.1 Å². The Morgan fingerprint density at radius 2 is 2.03 bits per heavy atom. The van der Waals surface area contributed by atoms with E-state index in [-0.39, 0.29) is 17.6 Å². The normalized spacial score (nSPS) is 12.8. The second kappa shape index (κ2) is 11.2. The van der Waals surface area contributed by atoms with Crippen LogP contribution in [0.2, 0.25) is 5.02 Å². The van der Waals surface area contributed by atoms with Crippen LogP contribution in [-0.2, 0) is 28.9 Å². The maximum Gasteiger partial charge on any atom is 0.341 e. The third-order valence-electron chi connectivity index (χ3n) is 5.37. The lowest BCUT2D eigenvalue weighted by molar-refractivity contribution is -0.113. The fraction of sp³-hybridized carbons (Fsp3) is 0.333. The van der Waals surface area contributed by atoms with Gasteiger partial charge >= 0.3 is 5.97 Å². The fourth-order valence-electron chi connectivity index (χ4n) is 3.87. The molecule has 10 heteroatoms. The molecule has 0 saturated heterocycles. The first-order chi connectivity index (χ1) is 16.5. The molecule has 0 bridgehead atoms. The summed E-state index contributed by atoms with van der Waals surface area (Å²) in [5.41, 5.74) is 2.41. The molecule has 2 aromatic heterocycles. The number of thioether (sulfide) groups is 1. The number of esters is 1. The predicted molar refractivity (Wildman–Crippen MR) is 137 cm³/mol. The molecule has 1 aliphatic carbocycles. The number of ether oxygens (including phenoxy) is 1. The maximum absolute atomic E-state index is 12.8. The highest BCUT2D eigenvalue weighted by Gasteiger charge is 2.27. The van der Waals surface area contributed by atoms with Crippen molar-refractivity contribution in [2.24, 2.45) is 0 Å². The summed E-state index contributed by atoms with van der Waals surface area (Å²) in [6.07, 6.45) is 5.65. The topological polar surface area (TPSA) is 86.1 Å². The number of rotatable bonds is 9. The highest BCUT2D eigenvalue weighted by atomic mass is 35.5. The van der Waals surface area contributed by atoms with Crippen molar-refractivity contribution in [3.63, 3.8) is 0 Å². The summed E-state index contributed by atoms with van der Waals surface area (Å²) < 4.78 is 7.18. The second-order valence-electron chi connectivity index (χ2n) is 7.68.